The van der Waals surface area contributed by atoms with Crippen LogP contribution in [-0.4, -0.2) is 40.1 Å². The van der Waals surface area contributed by atoms with E-state index in [2.05, 4.69) is 4.98 Å². The molecule has 0 radical (unpaired) electrons. The summed E-state index contributed by atoms with van der Waals surface area (Å²) in [6.07, 6.45) is -3.86. The van der Waals surface area contributed by atoms with Gasteiger partial charge in [0, 0.05) is 19.8 Å². The Hall–Kier alpha value is -1.63. The number of aliphatic hydroxyl groups is 1. The molecule has 1 N–H and O–H groups in total. The minimum atomic E-state index is -4.48. The molecular weight excluding hydrogens is 261 g/mol. The summed E-state index contributed by atoms with van der Waals surface area (Å²) in [4.78, 5) is 16.6. The average Bonchev–Trinajstić information content (AvgIpc) is 2.24. The molecule has 1 aromatic rings. The molecule has 106 valence electrons. The number of alkyl halides is 3. The lowest BCUT2D eigenvalue weighted by Gasteiger charge is -2.25. The minimum absolute atomic E-state index is 0.0501. The predicted octanol–water partition coefficient (Wildman–Crippen LogP) is 1.94. The fourth-order valence-electron chi connectivity index (χ4n) is 1.54. The normalized spacial score (nSPS) is 12.4. The number of nitrogens with zero attached hydrogens (tertiary/aromatic N) is 2. The lowest BCUT2D eigenvalue weighted by Crippen LogP contribution is -2.40. The van der Waals surface area contributed by atoms with E-state index < -0.39 is 23.2 Å². The molecule has 0 spiro atoms. The predicted molar refractivity (Wildman–Crippen MR) is 62.5 cm³/mol. The number of amides is 1. The van der Waals surface area contributed by atoms with E-state index in [1.165, 1.54) is 25.8 Å². The molecule has 0 aromatic carbocycles. The maximum absolute atomic E-state index is 12.3. The molecule has 0 aliphatic heterocycles. The van der Waals surface area contributed by atoms with Crippen molar-refractivity contribution in [2.75, 3.05) is 13.6 Å². The molecular formula is C12H15F3N2O2. The topological polar surface area (TPSA) is 53.4 Å². The van der Waals surface area contributed by atoms with E-state index >= 15 is 0 Å². The lowest BCUT2D eigenvalue weighted by atomic mass is 10.1. The zero-order valence-corrected chi connectivity index (χ0v) is 10.8. The highest BCUT2D eigenvalue weighted by atomic mass is 19.4. The Morgan fingerprint density at radius 2 is 1.95 bits per heavy atom. The van der Waals surface area contributed by atoms with E-state index in [1.54, 1.807) is 0 Å². The number of halogens is 3. The Labute approximate surface area is 108 Å². The summed E-state index contributed by atoms with van der Waals surface area (Å²) in [6.45, 7) is 3.10. The van der Waals surface area contributed by atoms with Gasteiger partial charge in [-0.15, -0.1) is 0 Å². The highest BCUT2D eigenvalue weighted by Gasteiger charge is 2.31. The summed E-state index contributed by atoms with van der Waals surface area (Å²) in [5.74, 6) is -0.546. The minimum Gasteiger partial charge on any atom is -0.389 e. The monoisotopic (exact) mass is 276 g/mol. The van der Waals surface area contributed by atoms with Crippen LogP contribution in [0.3, 0.4) is 0 Å². The fourth-order valence-corrected chi connectivity index (χ4v) is 1.54. The number of aromatic nitrogens is 1. The molecule has 0 saturated heterocycles. The maximum Gasteiger partial charge on any atom is 0.417 e. The summed E-state index contributed by atoms with van der Waals surface area (Å²) in [7, 11) is 1.44. The maximum atomic E-state index is 12.3. The molecule has 7 heteroatoms. The van der Waals surface area contributed by atoms with E-state index in [9.17, 15) is 23.1 Å². The zero-order valence-electron chi connectivity index (χ0n) is 10.8. The molecule has 0 unspecified atom stereocenters. The third-order valence-electron chi connectivity index (χ3n) is 2.28. The molecule has 0 atom stereocenters. The van der Waals surface area contributed by atoms with E-state index in [-0.39, 0.29) is 12.2 Å². The summed E-state index contributed by atoms with van der Waals surface area (Å²) in [6, 6.07) is 1.82. The first kappa shape index (κ1) is 15.4. The first-order chi connectivity index (χ1) is 8.50. The van der Waals surface area contributed by atoms with Crippen molar-refractivity contribution in [1.82, 2.24) is 9.88 Å². The highest BCUT2D eigenvalue weighted by Crippen LogP contribution is 2.28. The van der Waals surface area contributed by atoms with Gasteiger partial charge in [0.15, 0.2) is 0 Å². The Balaban J connectivity index is 2.84. The molecule has 0 fully saturated rings. The Morgan fingerprint density at radius 1 is 1.37 bits per heavy atom. The van der Waals surface area contributed by atoms with Crippen LogP contribution in [0.25, 0.3) is 0 Å². The number of rotatable bonds is 3. The first-order valence-electron chi connectivity index (χ1n) is 5.52. The Morgan fingerprint density at radius 3 is 2.32 bits per heavy atom. The van der Waals surface area contributed by atoms with Crippen LogP contribution in [-0.2, 0) is 6.18 Å². The number of pyridine rings is 1. The quantitative estimate of drug-likeness (QED) is 0.918. The van der Waals surface area contributed by atoms with Crippen molar-refractivity contribution in [3.8, 4) is 0 Å². The highest BCUT2D eigenvalue weighted by molar-refractivity contribution is 5.92. The van der Waals surface area contributed by atoms with Crippen LogP contribution in [0.15, 0.2) is 18.3 Å². The molecule has 1 rings (SSSR count). The van der Waals surface area contributed by atoms with Crippen LogP contribution < -0.4 is 0 Å². The molecule has 0 saturated carbocycles. The molecule has 0 bridgehead atoms. The van der Waals surface area contributed by atoms with Crippen molar-refractivity contribution in [3.63, 3.8) is 0 Å². The molecule has 4 nitrogen and oxygen atoms in total. The first-order valence-corrected chi connectivity index (χ1v) is 5.52. The number of carbonyl (C=O) groups excluding carboxylic acids is 1. The zero-order chi connectivity index (χ0) is 14.8. The molecule has 0 aliphatic rings. The number of hydrogen-bond donors (Lipinski definition) is 1. The van der Waals surface area contributed by atoms with E-state index in [0.717, 1.165) is 12.1 Å². The molecule has 0 aliphatic carbocycles. The average molecular weight is 276 g/mol. The lowest BCUT2D eigenvalue weighted by molar-refractivity contribution is -0.137. The second-order valence-electron chi connectivity index (χ2n) is 4.90. The summed E-state index contributed by atoms with van der Waals surface area (Å²) in [5.41, 5.74) is -2.09. The van der Waals surface area contributed by atoms with Gasteiger partial charge in [0.25, 0.3) is 5.91 Å². The second kappa shape index (κ2) is 5.16. The van der Waals surface area contributed by atoms with Crippen molar-refractivity contribution in [2.45, 2.75) is 25.6 Å². The smallest absolute Gasteiger partial charge is 0.389 e. The van der Waals surface area contributed by atoms with Gasteiger partial charge >= 0.3 is 6.18 Å². The van der Waals surface area contributed by atoms with Crippen LogP contribution in [0.5, 0.6) is 0 Å². The van der Waals surface area contributed by atoms with Crippen molar-refractivity contribution in [3.05, 3.63) is 29.6 Å². The van der Waals surface area contributed by atoms with Gasteiger partial charge in [-0.1, -0.05) is 0 Å². The van der Waals surface area contributed by atoms with Crippen molar-refractivity contribution in [1.29, 1.82) is 0 Å². The van der Waals surface area contributed by atoms with E-state index in [0.29, 0.717) is 6.20 Å². The van der Waals surface area contributed by atoms with Crippen molar-refractivity contribution < 1.29 is 23.1 Å². The molecule has 19 heavy (non-hydrogen) atoms. The van der Waals surface area contributed by atoms with Gasteiger partial charge in [0.2, 0.25) is 0 Å². The van der Waals surface area contributed by atoms with Gasteiger partial charge < -0.3 is 10.0 Å². The number of carbonyl (C=O) groups is 1. The van der Waals surface area contributed by atoms with Gasteiger partial charge in [0.1, 0.15) is 5.69 Å². The summed E-state index contributed by atoms with van der Waals surface area (Å²) in [5, 5.41) is 9.57. The van der Waals surface area contributed by atoms with Gasteiger partial charge in [-0.3, -0.25) is 9.78 Å². The van der Waals surface area contributed by atoms with Crippen LogP contribution in [0, 0.1) is 0 Å². The van der Waals surface area contributed by atoms with Crippen molar-refractivity contribution in [2.24, 2.45) is 0 Å². The Bertz CT molecular complexity index is 450. The van der Waals surface area contributed by atoms with Gasteiger partial charge in [-0.05, 0) is 26.0 Å². The van der Waals surface area contributed by atoms with Crippen LogP contribution in [0.2, 0.25) is 0 Å². The van der Waals surface area contributed by atoms with E-state index in [4.69, 9.17) is 0 Å². The van der Waals surface area contributed by atoms with Crippen LogP contribution >= 0.6 is 0 Å². The number of hydrogen-bond acceptors (Lipinski definition) is 3. The standard InChI is InChI=1S/C12H15F3N2O2/c1-11(2,19)7-17(3)10(18)9-5-4-8(6-16-9)12(13,14)15/h4-6,19H,7H2,1-3H3. The summed E-state index contributed by atoms with van der Waals surface area (Å²) >= 11 is 0. The Kier molecular flexibility index (Phi) is 4.19. The third kappa shape index (κ3) is 4.51. The van der Waals surface area contributed by atoms with Crippen LogP contribution in [0.1, 0.15) is 29.9 Å². The van der Waals surface area contributed by atoms with Gasteiger partial charge in [-0.25, -0.2) is 0 Å². The fraction of sp³-hybridized carbons (Fsp3) is 0.500. The molecule has 1 heterocycles. The van der Waals surface area contributed by atoms with Gasteiger partial charge in [-0.2, -0.15) is 13.2 Å². The van der Waals surface area contributed by atoms with Crippen molar-refractivity contribution >= 4 is 5.91 Å². The summed E-state index contributed by atoms with van der Waals surface area (Å²) < 4.78 is 37.0. The number of likely N-dealkylation sites (N-methyl/N-ethyl adjacent to an activating group) is 1. The molecule has 1 amide bonds. The third-order valence-corrected chi connectivity index (χ3v) is 2.28. The van der Waals surface area contributed by atoms with E-state index in [1.807, 2.05) is 0 Å². The van der Waals surface area contributed by atoms with Crippen LogP contribution in [0.4, 0.5) is 13.2 Å². The largest absolute Gasteiger partial charge is 0.417 e. The second-order valence-corrected chi connectivity index (χ2v) is 4.90. The molecule has 1 aromatic heterocycles. The van der Waals surface area contributed by atoms with Gasteiger partial charge in [0.05, 0.1) is 11.2 Å². The SMILES string of the molecule is CN(CC(C)(C)O)C(=O)c1ccc(C(F)(F)F)cn1.